The number of pyridine rings is 1. The minimum Gasteiger partial charge on any atom is -0.490 e. The second-order valence-electron chi connectivity index (χ2n) is 6.37. The number of fused-ring (bicyclic) bond motifs is 1. The molecule has 0 radical (unpaired) electrons. The molecule has 0 bridgehead atoms. The van der Waals surface area contributed by atoms with Crippen LogP contribution in [0.1, 0.15) is 32.7 Å². The molecule has 1 aliphatic rings. The summed E-state index contributed by atoms with van der Waals surface area (Å²) in [4.78, 5) is 26.2. The number of Topliss-reactive ketones (excluding diaryl/α,β-unsaturated/α-hetero) is 1. The van der Waals surface area contributed by atoms with Crippen LogP contribution in [0.3, 0.4) is 0 Å². The zero-order valence-electron chi connectivity index (χ0n) is 16.5. The second kappa shape index (κ2) is 10.1. The van der Waals surface area contributed by atoms with Gasteiger partial charge in [0.2, 0.25) is 11.7 Å². The van der Waals surface area contributed by atoms with Crippen LogP contribution in [-0.4, -0.2) is 30.4 Å². The standard InChI is InChI=1S/C16H15NO4.C7H7NO/c1-19-16-14(21-10-11-4-7-17-8-5-11)3-2-12-13(18)6-9-20-15(12)16;8-7(9)6-4-2-1-3-5-6/h2-5,7-8H,6,9-10H2,1H3;1-5H,(H2,8,9). The molecule has 7 heteroatoms. The van der Waals surface area contributed by atoms with Crippen LogP contribution in [0.15, 0.2) is 67.0 Å². The number of hydrogen-bond donors (Lipinski definition) is 1. The maximum Gasteiger partial charge on any atom is 0.248 e. The summed E-state index contributed by atoms with van der Waals surface area (Å²) in [6.45, 7) is 0.765. The molecule has 2 aromatic carbocycles. The number of carbonyl (C=O) groups is 2. The van der Waals surface area contributed by atoms with Gasteiger partial charge in [0.15, 0.2) is 17.3 Å². The van der Waals surface area contributed by atoms with Crippen LogP contribution in [0.4, 0.5) is 0 Å². The van der Waals surface area contributed by atoms with Crippen molar-refractivity contribution in [3.05, 3.63) is 83.7 Å². The van der Waals surface area contributed by atoms with Crippen molar-refractivity contribution in [3.63, 3.8) is 0 Å². The summed E-state index contributed by atoms with van der Waals surface area (Å²) in [5, 5.41) is 0. The molecule has 0 fully saturated rings. The number of nitrogens with zero attached hydrogens (tertiary/aromatic N) is 1. The zero-order valence-corrected chi connectivity index (χ0v) is 16.5. The summed E-state index contributed by atoms with van der Waals surface area (Å²) in [5.41, 5.74) is 7.08. The van der Waals surface area contributed by atoms with Gasteiger partial charge in [0.25, 0.3) is 0 Å². The number of primary amides is 1. The molecule has 0 saturated heterocycles. The van der Waals surface area contributed by atoms with E-state index in [0.717, 1.165) is 5.56 Å². The number of ketones is 1. The highest BCUT2D eigenvalue weighted by molar-refractivity contribution is 6.00. The first kappa shape index (κ1) is 20.9. The molecule has 1 aromatic heterocycles. The van der Waals surface area contributed by atoms with Crippen molar-refractivity contribution in [1.29, 1.82) is 0 Å². The molecule has 4 rings (SSSR count). The molecule has 30 heavy (non-hydrogen) atoms. The topological polar surface area (TPSA) is 101 Å². The first-order valence-electron chi connectivity index (χ1n) is 9.33. The molecule has 2 N–H and O–H groups in total. The molecule has 7 nitrogen and oxygen atoms in total. The maximum absolute atomic E-state index is 11.9. The maximum atomic E-state index is 11.9. The lowest BCUT2D eigenvalue weighted by Gasteiger charge is -2.21. The molecule has 3 aromatic rings. The fraction of sp³-hybridized carbons (Fsp3) is 0.174. The van der Waals surface area contributed by atoms with E-state index in [1.807, 2.05) is 18.2 Å². The van der Waals surface area contributed by atoms with Gasteiger partial charge >= 0.3 is 0 Å². The van der Waals surface area contributed by atoms with E-state index in [2.05, 4.69) is 4.98 Å². The summed E-state index contributed by atoms with van der Waals surface area (Å²) in [5.74, 6) is 1.18. The number of methoxy groups -OCH3 is 1. The Balaban J connectivity index is 0.000000239. The summed E-state index contributed by atoms with van der Waals surface area (Å²) in [6, 6.07) is 16.0. The molecule has 0 atom stereocenters. The van der Waals surface area contributed by atoms with Crippen molar-refractivity contribution in [2.75, 3.05) is 13.7 Å². The van der Waals surface area contributed by atoms with E-state index in [9.17, 15) is 9.59 Å². The fourth-order valence-electron chi connectivity index (χ4n) is 2.84. The van der Waals surface area contributed by atoms with Gasteiger partial charge in [0.05, 0.1) is 19.3 Å². The molecule has 2 heterocycles. The Bertz CT molecular complexity index is 1010. The highest BCUT2D eigenvalue weighted by atomic mass is 16.5. The van der Waals surface area contributed by atoms with Crippen molar-refractivity contribution in [2.45, 2.75) is 13.0 Å². The van der Waals surface area contributed by atoms with Gasteiger partial charge in [-0.2, -0.15) is 0 Å². The lowest BCUT2D eigenvalue weighted by Crippen LogP contribution is -2.16. The highest BCUT2D eigenvalue weighted by Gasteiger charge is 2.25. The number of aromatic nitrogens is 1. The number of benzene rings is 2. The highest BCUT2D eigenvalue weighted by Crippen LogP contribution is 2.42. The van der Waals surface area contributed by atoms with E-state index in [0.29, 0.717) is 48.0 Å². The number of nitrogens with two attached hydrogens (primary N) is 1. The number of ether oxygens (including phenoxy) is 3. The largest absolute Gasteiger partial charge is 0.490 e. The van der Waals surface area contributed by atoms with E-state index in [-0.39, 0.29) is 11.7 Å². The molecular weight excluding hydrogens is 384 g/mol. The molecule has 1 amide bonds. The SMILES string of the molecule is COc1c(OCc2ccncc2)ccc2c1OCCC2=O.NC(=O)c1ccccc1. The molecule has 0 spiro atoms. The van der Waals surface area contributed by atoms with Gasteiger partial charge in [0, 0.05) is 24.4 Å². The van der Waals surface area contributed by atoms with Gasteiger partial charge in [-0.05, 0) is 42.0 Å². The second-order valence-corrected chi connectivity index (χ2v) is 6.37. The summed E-state index contributed by atoms with van der Waals surface area (Å²) in [7, 11) is 1.54. The number of amides is 1. The van der Waals surface area contributed by atoms with Crippen LogP contribution in [0.25, 0.3) is 0 Å². The summed E-state index contributed by atoms with van der Waals surface area (Å²) < 4.78 is 16.7. The Morgan fingerprint density at radius 1 is 1.10 bits per heavy atom. The molecule has 1 aliphatic heterocycles. The third kappa shape index (κ3) is 5.14. The van der Waals surface area contributed by atoms with Crippen LogP contribution in [0.5, 0.6) is 17.2 Å². The van der Waals surface area contributed by atoms with E-state index < -0.39 is 0 Å². The lowest BCUT2D eigenvalue weighted by molar-refractivity contribution is 0.0928. The fourth-order valence-corrected chi connectivity index (χ4v) is 2.84. The van der Waals surface area contributed by atoms with Gasteiger partial charge in [-0.1, -0.05) is 18.2 Å². The third-order valence-electron chi connectivity index (χ3n) is 4.36. The van der Waals surface area contributed by atoms with Gasteiger partial charge < -0.3 is 19.9 Å². The van der Waals surface area contributed by atoms with E-state index in [1.54, 1.807) is 48.8 Å². The monoisotopic (exact) mass is 406 g/mol. The van der Waals surface area contributed by atoms with Crippen molar-refractivity contribution in [1.82, 2.24) is 4.98 Å². The van der Waals surface area contributed by atoms with Crippen LogP contribution in [-0.2, 0) is 6.61 Å². The third-order valence-corrected chi connectivity index (χ3v) is 4.36. The Hall–Kier alpha value is -3.87. The van der Waals surface area contributed by atoms with Crippen LogP contribution < -0.4 is 19.9 Å². The van der Waals surface area contributed by atoms with Crippen molar-refractivity contribution in [3.8, 4) is 17.2 Å². The minimum absolute atomic E-state index is 0.0650. The molecular formula is C23H22N2O5. The lowest BCUT2D eigenvalue weighted by atomic mass is 10.0. The van der Waals surface area contributed by atoms with E-state index >= 15 is 0 Å². The number of carbonyl (C=O) groups excluding carboxylic acids is 2. The van der Waals surface area contributed by atoms with Gasteiger partial charge in [-0.25, -0.2) is 0 Å². The Morgan fingerprint density at radius 3 is 2.47 bits per heavy atom. The van der Waals surface area contributed by atoms with Crippen LogP contribution in [0, 0.1) is 0 Å². The summed E-state index contributed by atoms with van der Waals surface area (Å²) >= 11 is 0. The predicted molar refractivity (Wildman–Crippen MR) is 111 cm³/mol. The Morgan fingerprint density at radius 2 is 1.83 bits per heavy atom. The average molecular weight is 406 g/mol. The normalized spacial score (nSPS) is 12.0. The van der Waals surface area contributed by atoms with Gasteiger partial charge in [0.1, 0.15) is 6.61 Å². The summed E-state index contributed by atoms with van der Waals surface area (Å²) in [6.07, 6.45) is 3.82. The molecule has 154 valence electrons. The first-order valence-corrected chi connectivity index (χ1v) is 9.33. The first-order chi connectivity index (χ1) is 14.6. The van der Waals surface area contributed by atoms with Crippen LogP contribution in [0.2, 0.25) is 0 Å². The zero-order chi connectivity index (χ0) is 21.3. The number of rotatable bonds is 5. The number of hydrogen-bond acceptors (Lipinski definition) is 6. The van der Waals surface area contributed by atoms with E-state index in [1.165, 1.54) is 7.11 Å². The smallest absolute Gasteiger partial charge is 0.248 e. The molecule has 0 unspecified atom stereocenters. The molecule has 0 aliphatic carbocycles. The van der Waals surface area contributed by atoms with Crippen molar-refractivity contribution in [2.24, 2.45) is 5.73 Å². The predicted octanol–water partition coefficient (Wildman–Crippen LogP) is 3.42. The average Bonchev–Trinajstić information content (AvgIpc) is 2.79. The van der Waals surface area contributed by atoms with Crippen molar-refractivity contribution < 1.29 is 23.8 Å². The Kier molecular flexibility index (Phi) is 7.00. The van der Waals surface area contributed by atoms with Gasteiger partial charge in [-0.3, -0.25) is 14.6 Å². The Labute approximate surface area is 174 Å². The minimum atomic E-state index is -0.379. The van der Waals surface area contributed by atoms with Crippen molar-refractivity contribution >= 4 is 11.7 Å². The van der Waals surface area contributed by atoms with Crippen LogP contribution >= 0.6 is 0 Å². The van der Waals surface area contributed by atoms with Gasteiger partial charge in [-0.15, -0.1) is 0 Å². The molecule has 0 saturated carbocycles. The van der Waals surface area contributed by atoms with E-state index in [4.69, 9.17) is 19.9 Å². The quantitative estimate of drug-likeness (QED) is 0.697.